The van der Waals surface area contributed by atoms with E-state index in [2.05, 4.69) is 22.1 Å². The van der Waals surface area contributed by atoms with Crippen LogP contribution in [-0.2, 0) is 11.3 Å². The van der Waals surface area contributed by atoms with Gasteiger partial charge in [-0.2, -0.15) is 0 Å². The Morgan fingerprint density at radius 1 is 1.34 bits per heavy atom. The van der Waals surface area contributed by atoms with Gasteiger partial charge in [-0.25, -0.2) is 9.37 Å². The maximum Gasteiger partial charge on any atom is 0.259 e. The Balaban J connectivity index is 2.07. The molecule has 2 rings (SSSR count). The topological polar surface area (TPSA) is 86.5 Å². The predicted octanol–water partition coefficient (Wildman–Crippen LogP) is 4.08. The van der Waals surface area contributed by atoms with Crippen molar-refractivity contribution in [3.8, 4) is 17.6 Å². The molecule has 1 aromatic carbocycles. The minimum absolute atomic E-state index is 0.0161. The summed E-state index contributed by atoms with van der Waals surface area (Å²) >= 11 is 0. The number of benzene rings is 1. The average Bonchev–Trinajstić information content (AvgIpc) is 2.69. The number of aromatic nitrogens is 1. The van der Waals surface area contributed by atoms with Crippen molar-refractivity contribution in [2.24, 2.45) is 0 Å². The average molecular weight is 399 g/mol. The van der Waals surface area contributed by atoms with Gasteiger partial charge in [-0.3, -0.25) is 4.79 Å². The van der Waals surface area contributed by atoms with E-state index in [0.29, 0.717) is 12.3 Å². The van der Waals surface area contributed by atoms with Crippen molar-refractivity contribution in [2.45, 2.75) is 39.7 Å². The Kier molecular flexibility index (Phi) is 8.44. The first kappa shape index (κ1) is 22.2. The number of ether oxygens (including phenoxy) is 2. The third-order valence-electron chi connectivity index (χ3n) is 4.22. The summed E-state index contributed by atoms with van der Waals surface area (Å²) in [5, 5.41) is 2.54. The van der Waals surface area contributed by atoms with E-state index in [1.807, 2.05) is 0 Å². The fraction of sp³-hybridized carbons (Fsp3) is 0.364. The van der Waals surface area contributed by atoms with Gasteiger partial charge in [0, 0.05) is 13.5 Å². The van der Waals surface area contributed by atoms with Gasteiger partial charge in [0.25, 0.3) is 5.91 Å². The third-order valence-corrected chi connectivity index (χ3v) is 4.22. The molecule has 1 aromatic heterocycles. The zero-order valence-corrected chi connectivity index (χ0v) is 17.0. The molecule has 0 radical (unpaired) electrons. The second-order valence-electron chi connectivity index (χ2n) is 6.42. The first-order chi connectivity index (χ1) is 14.0. The van der Waals surface area contributed by atoms with Crippen molar-refractivity contribution < 1.29 is 18.7 Å². The summed E-state index contributed by atoms with van der Waals surface area (Å²) in [4.78, 5) is 16.8. The third kappa shape index (κ3) is 6.19. The molecule has 0 bridgehead atoms. The molecule has 1 heterocycles. The summed E-state index contributed by atoms with van der Waals surface area (Å²) in [6.07, 6.45) is 2.43. The van der Waals surface area contributed by atoms with Crippen LogP contribution in [0.5, 0.6) is 5.75 Å². The van der Waals surface area contributed by atoms with Gasteiger partial charge in [-0.15, -0.1) is 11.8 Å². The number of hydrogen-bond donors (Lipinski definition) is 2. The molecule has 0 atom stereocenters. The number of nitrogen functional groups attached to an aromatic ring is 1. The van der Waals surface area contributed by atoms with Gasteiger partial charge in [0.05, 0.1) is 30.2 Å². The number of nitrogens with one attached hydrogen (secondary N) is 1. The lowest BCUT2D eigenvalue weighted by molar-refractivity contribution is 0.102. The van der Waals surface area contributed by atoms with Gasteiger partial charge in [0.1, 0.15) is 5.82 Å². The molecule has 7 heteroatoms. The number of rotatable bonds is 9. The number of aryl methyl sites for hydroxylation is 1. The molecule has 0 saturated heterocycles. The lowest BCUT2D eigenvalue weighted by atomic mass is 10.1. The quantitative estimate of drug-likeness (QED) is 0.490. The zero-order chi connectivity index (χ0) is 21.2. The molecule has 0 aliphatic rings. The van der Waals surface area contributed by atoms with Gasteiger partial charge < -0.3 is 20.5 Å². The summed E-state index contributed by atoms with van der Waals surface area (Å²) in [6.45, 7) is 4.26. The van der Waals surface area contributed by atoms with Crippen molar-refractivity contribution in [3.05, 3.63) is 46.9 Å². The molecule has 154 valence electrons. The van der Waals surface area contributed by atoms with E-state index in [1.165, 1.54) is 12.1 Å². The monoisotopic (exact) mass is 399 g/mol. The SMILES string of the molecule is CC#CCCCCOc1cccc(NC(=O)c2cc(C)c(COC)nc2N)c1F. The number of nitrogens with two attached hydrogens (primary N) is 1. The maximum absolute atomic E-state index is 14.7. The molecule has 1 amide bonds. The zero-order valence-electron chi connectivity index (χ0n) is 17.0. The van der Waals surface area contributed by atoms with Crippen molar-refractivity contribution in [1.29, 1.82) is 0 Å². The van der Waals surface area contributed by atoms with Crippen LogP contribution in [0.15, 0.2) is 24.3 Å². The van der Waals surface area contributed by atoms with E-state index < -0.39 is 11.7 Å². The maximum atomic E-state index is 14.7. The largest absolute Gasteiger partial charge is 0.490 e. The lowest BCUT2D eigenvalue weighted by Gasteiger charge is -2.13. The number of unbranched alkanes of at least 4 members (excludes halogenated alkanes) is 2. The fourth-order valence-corrected chi connectivity index (χ4v) is 2.66. The minimum atomic E-state index is -0.631. The summed E-state index contributed by atoms with van der Waals surface area (Å²) in [5.41, 5.74) is 7.50. The molecule has 29 heavy (non-hydrogen) atoms. The highest BCUT2D eigenvalue weighted by atomic mass is 19.1. The van der Waals surface area contributed by atoms with Gasteiger partial charge >= 0.3 is 0 Å². The van der Waals surface area contributed by atoms with Crippen LogP contribution in [0.25, 0.3) is 0 Å². The van der Waals surface area contributed by atoms with Crippen LogP contribution < -0.4 is 15.8 Å². The minimum Gasteiger partial charge on any atom is -0.490 e. The summed E-state index contributed by atoms with van der Waals surface area (Å²) in [5.74, 6) is 4.77. The fourth-order valence-electron chi connectivity index (χ4n) is 2.66. The van der Waals surface area contributed by atoms with Gasteiger partial charge in [0.2, 0.25) is 0 Å². The normalized spacial score (nSPS) is 10.2. The molecule has 6 nitrogen and oxygen atoms in total. The Hall–Kier alpha value is -3.11. The number of nitrogens with zero attached hydrogens (tertiary/aromatic N) is 1. The standard InChI is InChI=1S/C22H26FN3O3/c1-4-5-6-7-8-12-29-19-11-9-10-17(20(19)23)26-22(27)16-13-15(2)18(14-28-3)25-21(16)24/h9-11,13H,6-8,12,14H2,1-3H3,(H2,24,25)(H,26,27). The van der Waals surface area contributed by atoms with Crippen LogP contribution in [0, 0.1) is 24.6 Å². The van der Waals surface area contributed by atoms with Crippen LogP contribution in [-0.4, -0.2) is 24.6 Å². The summed E-state index contributed by atoms with van der Waals surface area (Å²) in [7, 11) is 1.55. The van der Waals surface area contributed by atoms with Crippen LogP contribution >= 0.6 is 0 Å². The first-order valence-electron chi connectivity index (χ1n) is 9.35. The van der Waals surface area contributed by atoms with Crippen LogP contribution in [0.1, 0.15) is 47.8 Å². The number of anilines is 2. The van der Waals surface area contributed by atoms with Crippen molar-refractivity contribution >= 4 is 17.4 Å². The molecule has 3 N–H and O–H groups in total. The van der Waals surface area contributed by atoms with Crippen molar-refractivity contribution in [1.82, 2.24) is 4.98 Å². The summed E-state index contributed by atoms with van der Waals surface area (Å²) < 4.78 is 25.3. The number of amides is 1. The van der Waals surface area contributed by atoms with Crippen LogP contribution in [0.4, 0.5) is 15.9 Å². The summed E-state index contributed by atoms with van der Waals surface area (Å²) in [6, 6.07) is 6.22. The van der Waals surface area contributed by atoms with Crippen molar-refractivity contribution in [2.75, 3.05) is 24.8 Å². The van der Waals surface area contributed by atoms with Crippen LogP contribution in [0.3, 0.4) is 0 Å². The lowest BCUT2D eigenvalue weighted by Crippen LogP contribution is -2.17. The Morgan fingerprint density at radius 3 is 2.86 bits per heavy atom. The highest BCUT2D eigenvalue weighted by Crippen LogP contribution is 2.26. The second-order valence-corrected chi connectivity index (χ2v) is 6.42. The Morgan fingerprint density at radius 2 is 2.14 bits per heavy atom. The highest BCUT2D eigenvalue weighted by Gasteiger charge is 2.17. The molecule has 0 spiro atoms. The van der Waals surface area contributed by atoms with Gasteiger partial charge in [-0.05, 0) is 50.5 Å². The number of carbonyl (C=O) groups excluding carboxylic acids is 1. The van der Waals surface area contributed by atoms with Gasteiger partial charge in [0.15, 0.2) is 11.6 Å². The van der Waals surface area contributed by atoms with E-state index in [-0.39, 0.29) is 29.4 Å². The number of hydrogen-bond acceptors (Lipinski definition) is 5. The van der Waals surface area contributed by atoms with Gasteiger partial charge in [-0.1, -0.05) is 6.07 Å². The smallest absolute Gasteiger partial charge is 0.259 e. The number of pyridine rings is 1. The number of halogens is 1. The number of carbonyl (C=O) groups is 1. The molecular formula is C22H26FN3O3. The van der Waals surface area contributed by atoms with E-state index in [9.17, 15) is 9.18 Å². The predicted molar refractivity (Wildman–Crippen MR) is 111 cm³/mol. The van der Waals surface area contributed by atoms with E-state index in [4.69, 9.17) is 15.2 Å². The van der Waals surface area contributed by atoms with E-state index in [0.717, 1.165) is 24.8 Å². The van der Waals surface area contributed by atoms with E-state index >= 15 is 0 Å². The molecule has 0 saturated carbocycles. The Bertz CT molecular complexity index is 919. The second kappa shape index (κ2) is 11.0. The molecule has 0 unspecified atom stereocenters. The highest BCUT2D eigenvalue weighted by molar-refractivity contribution is 6.07. The molecule has 2 aromatic rings. The van der Waals surface area contributed by atoms with Crippen LogP contribution in [0.2, 0.25) is 0 Å². The number of methoxy groups -OCH3 is 1. The first-order valence-corrected chi connectivity index (χ1v) is 9.35. The Labute approximate surface area is 170 Å². The molecule has 0 fully saturated rings. The van der Waals surface area contributed by atoms with Crippen molar-refractivity contribution in [3.63, 3.8) is 0 Å². The molecule has 0 aliphatic heterocycles. The molecular weight excluding hydrogens is 373 g/mol. The van der Waals surface area contributed by atoms with E-state index in [1.54, 1.807) is 33.1 Å². The molecule has 0 aliphatic carbocycles.